The smallest absolute Gasteiger partial charge is 0.418 e. The molecule has 3 aromatic heterocycles. The number of hydrogen-bond donors (Lipinski definition) is 3. The van der Waals surface area contributed by atoms with E-state index in [2.05, 4.69) is 24.6 Å². The number of rotatable bonds is 6. The number of aromatic nitrogens is 4. The van der Waals surface area contributed by atoms with Crippen molar-refractivity contribution in [3.05, 3.63) is 47.7 Å². The van der Waals surface area contributed by atoms with E-state index in [1.807, 2.05) is 0 Å². The highest BCUT2D eigenvalue weighted by Gasteiger charge is 2.32. The Balaban J connectivity index is 1.95. The number of nitrogens with one attached hydrogen (secondary N) is 1. The fourth-order valence-electron chi connectivity index (χ4n) is 2.07. The van der Waals surface area contributed by atoms with E-state index < -0.39 is 24.5 Å². The van der Waals surface area contributed by atoms with Crippen LogP contribution in [-0.4, -0.2) is 36.1 Å². The Morgan fingerprint density at radius 2 is 2.07 bits per heavy atom. The number of halogens is 3. The molecule has 1 atom stereocenters. The van der Waals surface area contributed by atoms with Gasteiger partial charge < -0.3 is 20.3 Å². The number of ether oxygens (including phenoxy) is 1. The highest BCUT2D eigenvalue weighted by Crippen LogP contribution is 2.37. The maximum absolute atomic E-state index is 13.1. The van der Waals surface area contributed by atoms with E-state index in [0.717, 1.165) is 17.6 Å². The Hall–Kier alpha value is -2.83. The Labute approximate surface area is 160 Å². The van der Waals surface area contributed by atoms with Crippen LogP contribution in [0.15, 0.2) is 30.6 Å². The molecule has 0 aliphatic heterocycles. The number of anilines is 2. The topological polar surface area (TPSA) is 113 Å². The summed E-state index contributed by atoms with van der Waals surface area (Å²) in [6, 6.07) is 3.96. The number of pyridine rings is 2. The number of hydrogen-bond acceptors (Lipinski definition) is 9. The van der Waals surface area contributed by atoms with Gasteiger partial charge in [0.1, 0.15) is 11.9 Å². The first kappa shape index (κ1) is 19.9. The molecule has 0 saturated heterocycles. The molecule has 0 aliphatic carbocycles. The molecule has 8 nitrogen and oxygen atoms in total. The van der Waals surface area contributed by atoms with Crippen molar-refractivity contribution in [1.82, 2.24) is 19.3 Å². The second kappa shape index (κ2) is 8.04. The zero-order valence-electron chi connectivity index (χ0n) is 14.3. The van der Waals surface area contributed by atoms with Crippen molar-refractivity contribution in [2.45, 2.75) is 19.2 Å². The SMILES string of the molecule is Cc1ncccc1Oc1cc(C(F)(F)F)cnc1Nc1nc([C@H](O)CO)ns1. The largest absolute Gasteiger partial charge is 0.452 e. The van der Waals surface area contributed by atoms with E-state index in [4.69, 9.17) is 9.84 Å². The summed E-state index contributed by atoms with van der Waals surface area (Å²) >= 11 is 0.843. The van der Waals surface area contributed by atoms with Crippen LogP contribution < -0.4 is 10.1 Å². The van der Waals surface area contributed by atoms with E-state index in [9.17, 15) is 18.3 Å². The van der Waals surface area contributed by atoms with Crippen LogP contribution >= 0.6 is 11.5 Å². The second-order valence-electron chi connectivity index (χ2n) is 5.54. The molecule has 3 aromatic rings. The molecule has 0 saturated carbocycles. The van der Waals surface area contributed by atoms with E-state index in [-0.39, 0.29) is 28.3 Å². The molecule has 148 valence electrons. The van der Waals surface area contributed by atoms with Gasteiger partial charge >= 0.3 is 6.18 Å². The summed E-state index contributed by atoms with van der Waals surface area (Å²) in [6.07, 6.45) is -3.67. The molecule has 28 heavy (non-hydrogen) atoms. The number of aryl methyl sites for hydroxylation is 1. The summed E-state index contributed by atoms with van der Waals surface area (Å²) in [6.45, 7) is 1.08. The number of nitrogens with zero attached hydrogens (tertiary/aromatic N) is 4. The molecule has 0 amide bonds. The molecule has 0 unspecified atom stereocenters. The first-order valence-electron chi connectivity index (χ1n) is 7.84. The standard InChI is InChI=1S/C16H14F3N5O3S/c1-8-11(3-2-4-20-8)27-12-5-9(16(17,18)19)6-21-14(12)23-15-22-13(24-28-15)10(26)7-25/h2-6,10,25-26H,7H2,1H3,(H,21,22,23,24)/t10-/m1/s1. The van der Waals surface area contributed by atoms with Gasteiger partial charge in [0.25, 0.3) is 0 Å². The first-order valence-corrected chi connectivity index (χ1v) is 8.61. The van der Waals surface area contributed by atoms with Crippen molar-refractivity contribution in [1.29, 1.82) is 0 Å². The van der Waals surface area contributed by atoms with Gasteiger partial charge in [-0.2, -0.15) is 17.5 Å². The third-order valence-corrected chi connectivity index (χ3v) is 4.14. The number of aliphatic hydroxyl groups excluding tert-OH is 2. The van der Waals surface area contributed by atoms with Gasteiger partial charge in [0.15, 0.2) is 17.4 Å². The molecule has 0 radical (unpaired) electrons. The number of aliphatic hydroxyl groups is 2. The Morgan fingerprint density at radius 1 is 1.29 bits per heavy atom. The van der Waals surface area contributed by atoms with Crippen molar-refractivity contribution in [3.63, 3.8) is 0 Å². The Bertz CT molecular complexity index is 967. The molecule has 12 heteroatoms. The quantitative estimate of drug-likeness (QED) is 0.565. The molecule has 0 spiro atoms. The second-order valence-corrected chi connectivity index (χ2v) is 6.29. The van der Waals surface area contributed by atoms with Crippen LogP contribution in [0.5, 0.6) is 11.5 Å². The van der Waals surface area contributed by atoms with Gasteiger partial charge in [-0.25, -0.2) is 9.97 Å². The Kier molecular flexibility index (Phi) is 5.72. The summed E-state index contributed by atoms with van der Waals surface area (Å²) in [5.74, 6) is 0.0237. The van der Waals surface area contributed by atoms with Crippen molar-refractivity contribution in [2.75, 3.05) is 11.9 Å². The predicted molar refractivity (Wildman–Crippen MR) is 93.5 cm³/mol. The summed E-state index contributed by atoms with van der Waals surface area (Å²) in [4.78, 5) is 11.8. The average Bonchev–Trinajstić information content (AvgIpc) is 3.12. The summed E-state index contributed by atoms with van der Waals surface area (Å²) in [5.41, 5.74) is -0.501. The molecule has 0 aromatic carbocycles. The van der Waals surface area contributed by atoms with Gasteiger partial charge in [-0.15, -0.1) is 0 Å². The molecule has 3 rings (SSSR count). The van der Waals surface area contributed by atoms with Gasteiger partial charge in [-0.1, -0.05) is 0 Å². The lowest BCUT2D eigenvalue weighted by Gasteiger charge is -2.14. The zero-order valence-corrected chi connectivity index (χ0v) is 15.1. The molecule has 3 heterocycles. The van der Waals surface area contributed by atoms with Crippen molar-refractivity contribution in [3.8, 4) is 11.5 Å². The zero-order chi connectivity index (χ0) is 20.3. The van der Waals surface area contributed by atoms with E-state index in [0.29, 0.717) is 11.9 Å². The van der Waals surface area contributed by atoms with Crippen molar-refractivity contribution >= 4 is 22.5 Å². The van der Waals surface area contributed by atoms with Crippen LogP contribution in [0.1, 0.15) is 23.2 Å². The van der Waals surface area contributed by atoms with Gasteiger partial charge in [0.2, 0.25) is 5.13 Å². The number of alkyl halides is 3. The third-order valence-electron chi connectivity index (χ3n) is 3.50. The van der Waals surface area contributed by atoms with Gasteiger partial charge in [-0.05, 0) is 25.1 Å². The maximum Gasteiger partial charge on any atom is 0.418 e. The monoisotopic (exact) mass is 413 g/mol. The molecule has 0 fully saturated rings. The maximum atomic E-state index is 13.1. The fourth-order valence-corrected chi connectivity index (χ4v) is 2.69. The van der Waals surface area contributed by atoms with Gasteiger partial charge in [0, 0.05) is 23.9 Å². The Morgan fingerprint density at radius 3 is 2.75 bits per heavy atom. The molecular weight excluding hydrogens is 399 g/mol. The predicted octanol–water partition coefficient (Wildman–Crippen LogP) is 3.22. The van der Waals surface area contributed by atoms with Crippen LogP contribution in [0.2, 0.25) is 0 Å². The summed E-state index contributed by atoms with van der Waals surface area (Å²) in [7, 11) is 0. The van der Waals surface area contributed by atoms with Crippen molar-refractivity contribution < 1.29 is 28.1 Å². The highest BCUT2D eigenvalue weighted by molar-refractivity contribution is 7.09. The average molecular weight is 413 g/mol. The summed E-state index contributed by atoms with van der Waals surface area (Å²) < 4.78 is 48.7. The first-order chi connectivity index (χ1) is 13.3. The summed E-state index contributed by atoms with van der Waals surface area (Å²) in [5, 5.41) is 21.4. The van der Waals surface area contributed by atoms with E-state index in [1.54, 1.807) is 19.1 Å². The van der Waals surface area contributed by atoms with Crippen LogP contribution in [0, 0.1) is 6.92 Å². The molecule has 3 N–H and O–H groups in total. The lowest BCUT2D eigenvalue weighted by molar-refractivity contribution is -0.137. The molecule has 0 bridgehead atoms. The van der Waals surface area contributed by atoms with Crippen LogP contribution in [-0.2, 0) is 6.18 Å². The minimum absolute atomic E-state index is 0.0208. The highest BCUT2D eigenvalue weighted by atomic mass is 32.1. The normalized spacial score (nSPS) is 12.6. The minimum atomic E-state index is -4.60. The van der Waals surface area contributed by atoms with Gasteiger partial charge in [0.05, 0.1) is 17.9 Å². The van der Waals surface area contributed by atoms with Crippen LogP contribution in [0.3, 0.4) is 0 Å². The van der Waals surface area contributed by atoms with E-state index >= 15 is 0 Å². The minimum Gasteiger partial charge on any atom is -0.452 e. The van der Waals surface area contributed by atoms with Crippen LogP contribution in [0.25, 0.3) is 0 Å². The van der Waals surface area contributed by atoms with Crippen LogP contribution in [0.4, 0.5) is 24.1 Å². The van der Waals surface area contributed by atoms with E-state index in [1.165, 1.54) is 6.20 Å². The fraction of sp³-hybridized carbons (Fsp3) is 0.250. The molecule has 0 aliphatic rings. The van der Waals surface area contributed by atoms with Crippen molar-refractivity contribution in [2.24, 2.45) is 0 Å². The lowest BCUT2D eigenvalue weighted by Crippen LogP contribution is -2.08. The van der Waals surface area contributed by atoms with Gasteiger partial charge in [-0.3, -0.25) is 4.98 Å². The lowest BCUT2D eigenvalue weighted by atomic mass is 10.2. The molecular formula is C16H14F3N5O3S. The third kappa shape index (κ3) is 4.52.